The zero-order valence-corrected chi connectivity index (χ0v) is 18.5. The Morgan fingerprint density at radius 2 is 2.04 bits per heavy atom. The summed E-state index contributed by atoms with van der Waals surface area (Å²) < 4.78 is 5.54. The first-order chi connectivity index (χ1) is 13.7. The maximum absolute atomic E-state index is 5.54. The van der Waals surface area contributed by atoms with E-state index in [1.807, 2.05) is 6.20 Å². The van der Waals surface area contributed by atoms with Gasteiger partial charge in [0.15, 0.2) is 5.96 Å². The highest BCUT2D eigenvalue weighted by Crippen LogP contribution is 2.37. The van der Waals surface area contributed by atoms with Gasteiger partial charge in [-0.15, -0.1) is 11.3 Å². The lowest BCUT2D eigenvalue weighted by Gasteiger charge is -2.41. The molecule has 0 bridgehead atoms. The van der Waals surface area contributed by atoms with Crippen LogP contribution in [0.4, 0.5) is 0 Å². The SMILES string of the molecule is CCNC(=NCC1(CN2CCOCC2)CCCCC1)NCCc1ncc(C)s1. The zero-order chi connectivity index (χ0) is 19.7. The zero-order valence-electron chi connectivity index (χ0n) is 17.6. The van der Waals surface area contributed by atoms with Crippen molar-refractivity contribution in [2.24, 2.45) is 10.4 Å². The average molecular weight is 408 g/mol. The molecule has 0 radical (unpaired) electrons. The van der Waals surface area contributed by atoms with Crippen molar-refractivity contribution < 1.29 is 4.74 Å². The monoisotopic (exact) mass is 407 g/mol. The Kier molecular flexibility index (Phi) is 8.55. The van der Waals surface area contributed by atoms with Gasteiger partial charge in [0, 0.05) is 62.2 Å². The van der Waals surface area contributed by atoms with Crippen LogP contribution in [-0.2, 0) is 11.2 Å². The van der Waals surface area contributed by atoms with Crippen molar-refractivity contribution in [3.8, 4) is 0 Å². The van der Waals surface area contributed by atoms with Gasteiger partial charge in [-0.1, -0.05) is 19.3 Å². The Balaban J connectivity index is 1.56. The fourth-order valence-electron chi connectivity index (χ4n) is 4.29. The van der Waals surface area contributed by atoms with Crippen molar-refractivity contribution in [3.05, 3.63) is 16.1 Å². The second-order valence-electron chi connectivity index (χ2n) is 8.19. The quantitative estimate of drug-likeness (QED) is 0.513. The van der Waals surface area contributed by atoms with E-state index in [0.29, 0.717) is 5.41 Å². The summed E-state index contributed by atoms with van der Waals surface area (Å²) in [7, 11) is 0. The molecule has 2 aliphatic rings. The summed E-state index contributed by atoms with van der Waals surface area (Å²) in [5, 5.41) is 8.13. The van der Waals surface area contributed by atoms with Crippen LogP contribution in [0.2, 0.25) is 0 Å². The molecule has 1 saturated carbocycles. The molecule has 1 aromatic heterocycles. The minimum absolute atomic E-state index is 0.324. The van der Waals surface area contributed by atoms with Crippen LogP contribution < -0.4 is 10.6 Å². The van der Waals surface area contributed by atoms with E-state index in [1.54, 1.807) is 11.3 Å². The van der Waals surface area contributed by atoms with Crippen molar-refractivity contribution in [2.45, 2.75) is 52.4 Å². The average Bonchev–Trinajstić information content (AvgIpc) is 3.13. The molecule has 0 atom stereocenters. The molecule has 2 N–H and O–H groups in total. The first kappa shape index (κ1) is 21.5. The lowest BCUT2D eigenvalue weighted by molar-refractivity contribution is 0.00937. The Bertz CT molecular complexity index is 606. The van der Waals surface area contributed by atoms with Gasteiger partial charge in [0.1, 0.15) is 0 Å². The van der Waals surface area contributed by atoms with Gasteiger partial charge in [-0.2, -0.15) is 0 Å². The van der Waals surface area contributed by atoms with E-state index in [4.69, 9.17) is 9.73 Å². The Morgan fingerprint density at radius 3 is 2.71 bits per heavy atom. The fourth-order valence-corrected chi connectivity index (χ4v) is 5.08. The summed E-state index contributed by atoms with van der Waals surface area (Å²) in [6, 6.07) is 0. The molecular formula is C21H37N5OS. The number of morpholine rings is 1. The molecular weight excluding hydrogens is 370 g/mol. The molecule has 3 rings (SSSR count). The maximum atomic E-state index is 5.54. The van der Waals surface area contributed by atoms with Crippen LogP contribution in [-0.4, -0.2) is 68.3 Å². The number of hydrogen-bond acceptors (Lipinski definition) is 5. The van der Waals surface area contributed by atoms with Crippen molar-refractivity contribution in [1.29, 1.82) is 0 Å². The van der Waals surface area contributed by atoms with Crippen molar-refractivity contribution in [1.82, 2.24) is 20.5 Å². The molecule has 0 unspecified atom stereocenters. The number of nitrogens with one attached hydrogen (secondary N) is 2. The topological polar surface area (TPSA) is 61.8 Å². The van der Waals surface area contributed by atoms with Crippen LogP contribution in [0.5, 0.6) is 0 Å². The van der Waals surface area contributed by atoms with Gasteiger partial charge in [0.05, 0.1) is 18.2 Å². The van der Waals surface area contributed by atoms with E-state index in [1.165, 1.54) is 42.0 Å². The van der Waals surface area contributed by atoms with Gasteiger partial charge in [-0.3, -0.25) is 9.89 Å². The maximum Gasteiger partial charge on any atom is 0.191 e. The largest absolute Gasteiger partial charge is 0.379 e. The summed E-state index contributed by atoms with van der Waals surface area (Å²) in [6.07, 6.45) is 9.55. The minimum Gasteiger partial charge on any atom is -0.379 e. The third-order valence-electron chi connectivity index (χ3n) is 5.79. The van der Waals surface area contributed by atoms with Crippen LogP contribution in [0.1, 0.15) is 48.9 Å². The van der Waals surface area contributed by atoms with Gasteiger partial charge in [0.2, 0.25) is 0 Å². The summed E-state index contributed by atoms with van der Waals surface area (Å²) in [6.45, 7) is 12.0. The van der Waals surface area contributed by atoms with Crippen LogP contribution in [0.3, 0.4) is 0 Å². The van der Waals surface area contributed by atoms with E-state index in [-0.39, 0.29) is 0 Å². The number of ether oxygens (including phenoxy) is 1. The molecule has 1 saturated heterocycles. The normalized spacial score (nSPS) is 20.9. The first-order valence-corrected chi connectivity index (χ1v) is 11.7. The second-order valence-corrected chi connectivity index (χ2v) is 9.51. The minimum atomic E-state index is 0.324. The number of hydrogen-bond donors (Lipinski definition) is 2. The Hall–Kier alpha value is -1.18. The van der Waals surface area contributed by atoms with Crippen LogP contribution >= 0.6 is 11.3 Å². The summed E-state index contributed by atoms with van der Waals surface area (Å²) in [4.78, 5) is 13.4. The number of rotatable bonds is 8. The van der Waals surface area contributed by atoms with Gasteiger partial charge in [-0.25, -0.2) is 4.98 Å². The van der Waals surface area contributed by atoms with E-state index >= 15 is 0 Å². The molecule has 0 aromatic carbocycles. The molecule has 2 heterocycles. The molecule has 2 fully saturated rings. The van der Waals surface area contributed by atoms with E-state index in [0.717, 1.165) is 64.9 Å². The molecule has 28 heavy (non-hydrogen) atoms. The summed E-state index contributed by atoms with van der Waals surface area (Å²) >= 11 is 1.78. The lowest BCUT2D eigenvalue weighted by atomic mass is 9.73. The first-order valence-electron chi connectivity index (χ1n) is 10.9. The van der Waals surface area contributed by atoms with Crippen LogP contribution in [0, 0.1) is 12.3 Å². The molecule has 0 amide bonds. The Morgan fingerprint density at radius 1 is 1.25 bits per heavy atom. The van der Waals surface area contributed by atoms with E-state index in [9.17, 15) is 0 Å². The standard InChI is InChI=1S/C21H37N5OS/c1-3-22-20(23-10-7-19-24-15-18(2)28-19)25-16-21(8-5-4-6-9-21)17-26-11-13-27-14-12-26/h15H,3-14,16-17H2,1-2H3,(H2,22,23,25). The second kappa shape index (κ2) is 11.1. The molecule has 6 nitrogen and oxygen atoms in total. The smallest absolute Gasteiger partial charge is 0.191 e. The highest BCUT2D eigenvalue weighted by molar-refractivity contribution is 7.11. The molecule has 1 aliphatic heterocycles. The summed E-state index contributed by atoms with van der Waals surface area (Å²) in [5.41, 5.74) is 0.324. The van der Waals surface area contributed by atoms with Gasteiger partial charge in [0.25, 0.3) is 0 Å². The molecule has 158 valence electrons. The molecule has 0 spiro atoms. The molecule has 7 heteroatoms. The molecule has 1 aliphatic carbocycles. The number of aliphatic imine (C=N–C) groups is 1. The highest BCUT2D eigenvalue weighted by Gasteiger charge is 2.34. The third kappa shape index (κ3) is 6.71. The number of aromatic nitrogens is 1. The fraction of sp³-hybridized carbons (Fsp3) is 0.810. The lowest BCUT2D eigenvalue weighted by Crippen LogP contribution is -2.46. The van der Waals surface area contributed by atoms with Crippen molar-refractivity contribution in [2.75, 3.05) is 52.5 Å². The third-order valence-corrected chi connectivity index (χ3v) is 6.77. The molecule has 1 aromatic rings. The van der Waals surface area contributed by atoms with Gasteiger partial charge < -0.3 is 15.4 Å². The van der Waals surface area contributed by atoms with Crippen molar-refractivity contribution in [3.63, 3.8) is 0 Å². The van der Waals surface area contributed by atoms with Crippen molar-refractivity contribution >= 4 is 17.3 Å². The Labute approximate surface area is 174 Å². The van der Waals surface area contributed by atoms with Gasteiger partial charge in [-0.05, 0) is 26.7 Å². The summed E-state index contributed by atoms with van der Waals surface area (Å²) in [5.74, 6) is 0.947. The highest BCUT2D eigenvalue weighted by atomic mass is 32.1. The van der Waals surface area contributed by atoms with E-state index in [2.05, 4.69) is 34.4 Å². The predicted molar refractivity (Wildman–Crippen MR) is 117 cm³/mol. The number of thiazole rings is 1. The van der Waals surface area contributed by atoms with Crippen LogP contribution in [0.15, 0.2) is 11.2 Å². The van der Waals surface area contributed by atoms with E-state index < -0.39 is 0 Å². The number of guanidine groups is 1. The predicted octanol–water partition coefficient (Wildman–Crippen LogP) is 2.83. The van der Waals surface area contributed by atoms with Gasteiger partial charge >= 0.3 is 0 Å². The number of aryl methyl sites for hydroxylation is 1. The van der Waals surface area contributed by atoms with Crippen LogP contribution in [0.25, 0.3) is 0 Å². The number of nitrogens with zero attached hydrogens (tertiary/aromatic N) is 3.